The summed E-state index contributed by atoms with van der Waals surface area (Å²) in [5.74, 6) is 3.45. The molecule has 1 saturated heterocycles. The van der Waals surface area contributed by atoms with Gasteiger partial charge < -0.3 is 5.73 Å². The molecule has 1 unspecified atom stereocenters. The highest BCUT2D eigenvalue weighted by Gasteiger charge is 2.20. The number of halogens is 1. The van der Waals surface area contributed by atoms with E-state index in [-0.39, 0.29) is 6.04 Å². The van der Waals surface area contributed by atoms with Crippen LogP contribution >= 0.6 is 27.7 Å². The van der Waals surface area contributed by atoms with Crippen molar-refractivity contribution >= 4 is 27.7 Å². The lowest BCUT2D eigenvalue weighted by atomic mass is 9.92. The molecule has 0 aromatic carbocycles. The Bertz CT molecular complexity index is 413. The van der Waals surface area contributed by atoms with Gasteiger partial charge >= 0.3 is 0 Å². The van der Waals surface area contributed by atoms with Crippen molar-refractivity contribution in [2.24, 2.45) is 18.7 Å². The fraction of sp³-hybridized carbons (Fsp3) is 0.786. The average Bonchev–Trinajstić information content (AvgIpc) is 2.67. The van der Waals surface area contributed by atoms with Crippen LogP contribution in [0, 0.1) is 5.92 Å². The van der Waals surface area contributed by atoms with Gasteiger partial charge in [-0.1, -0.05) is 6.92 Å². The molecule has 2 N–H and O–H groups in total. The van der Waals surface area contributed by atoms with Crippen molar-refractivity contribution in [3.63, 3.8) is 0 Å². The second-order valence-corrected chi connectivity index (χ2v) is 7.46. The number of aromatic nitrogens is 2. The summed E-state index contributed by atoms with van der Waals surface area (Å²) in [5.41, 5.74) is 8.74. The number of aryl methyl sites for hydroxylation is 2. The normalized spacial score (nSPS) is 18.7. The standard InChI is InChI=1S/C14H24BrN3S/c1-3-12-14(15)13(18(2)17-12)9-11(16)8-10-4-6-19-7-5-10/h10-11H,3-9,16H2,1-2H3. The van der Waals surface area contributed by atoms with Gasteiger partial charge in [0.15, 0.2) is 0 Å². The topological polar surface area (TPSA) is 43.8 Å². The molecule has 1 aromatic heterocycles. The molecule has 19 heavy (non-hydrogen) atoms. The molecule has 2 heterocycles. The van der Waals surface area contributed by atoms with Crippen LogP contribution in [0.2, 0.25) is 0 Å². The smallest absolute Gasteiger partial charge is 0.0766 e. The van der Waals surface area contributed by atoms with Crippen LogP contribution in [0.1, 0.15) is 37.6 Å². The first-order valence-corrected chi connectivity index (χ1v) is 9.10. The van der Waals surface area contributed by atoms with Gasteiger partial charge in [-0.3, -0.25) is 4.68 Å². The maximum Gasteiger partial charge on any atom is 0.0766 e. The van der Waals surface area contributed by atoms with Gasteiger partial charge in [0.1, 0.15) is 0 Å². The molecule has 1 aromatic rings. The number of hydrogen-bond acceptors (Lipinski definition) is 3. The number of hydrogen-bond donors (Lipinski definition) is 1. The number of nitrogens with two attached hydrogens (primary N) is 1. The van der Waals surface area contributed by atoms with Crippen molar-refractivity contribution in [2.75, 3.05) is 11.5 Å². The summed E-state index contributed by atoms with van der Waals surface area (Å²) >= 11 is 5.75. The summed E-state index contributed by atoms with van der Waals surface area (Å²) in [7, 11) is 2.02. The van der Waals surface area contributed by atoms with Crippen LogP contribution in [0.3, 0.4) is 0 Å². The van der Waals surface area contributed by atoms with Crippen molar-refractivity contribution in [3.05, 3.63) is 15.9 Å². The molecular formula is C14H24BrN3S. The quantitative estimate of drug-likeness (QED) is 0.891. The van der Waals surface area contributed by atoms with Gasteiger partial charge in [0, 0.05) is 19.5 Å². The molecule has 108 valence electrons. The third kappa shape index (κ3) is 3.99. The maximum atomic E-state index is 6.36. The van der Waals surface area contributed by atoms with Crippen LogP contribution in [0.25, 0.3) is 0 Å². The highest BCUT2D eigenvalue weighted by Crippen LogP contribution is 2.28. The molecule has 5 heteroatoms. The first-order chi connectivity index (χ1) is 9.11. The van der Waals surface area contributed by atoms with Crippen molar-refractivity contribution in [2.45, 2.75) is 45.1 Å². The van der Waals surface area contributed by atoms with E-state index >= 15 is 0 Å². The van der Waals surface area contributed by atoms with Crippen LogP contribution in [0.5, 0.6) is 0 Å². The zero-order chi connectivity index (χ0) is 13.8. The molecule has 0 aliphatic carbocycles. The molecule has 1 aliphatic rings. The van der Waals surface area contributed by atoms with E-state index in [9.17, 15) is 0 Å². The minimum absolute atomic E-state index is 0.254. The van der Waals surface area contributed by atoms with E-state index in [0.717, 1.165) is 35.3 Å². The Morgan fingerprint density at radius 2 is 2.16 bits per heavy atom. The van der Waals surface area contributed by atoms with Gasteiger partial charge in [0.2, 0.25) is 0 Å². The molecule has 0 bridgehead atoms. The SMILES string of the molecule is CCc1nn(C)c(CC(N)CC2CCSCC2)c1Br. The number of thioether (sulfide) groups is 1. The second-order valence-electron chi connectivity index (χ2n) is 5.44. The maximum absolute atomic E-state index is 6.36. The van der Waals surface area contributed by atoms with Gasteiger partial charge in [-0.2, -0.15) is 16.9 Å². The third-order valence-corrected chi connectivity index (χ3v) is 5.90. The Morgan fingerprint density at radius 1 is 1.47 bits per heavy atom. The molecule has 1 atom stereocenters. The van der Waals surface area contributed by atoms with E-state index in [1.165, 1.54) is 30.0 Å². The molecule has 1 fully saturated rings. The minimum Gasteiger partial charge on any atom is -0.327 e. The van der Waals surface area contributed by atoms with E-state index in [1.807, 2.05) is 11.7 Å². The first kappa shape index (κ1) is 15.4. The van der Waals surface area contributed by atoms with Crippen LogP contribution in [0.15, 0.2) is 4.47 Å². The fourth-order valence-corrected chi connectivity index (χ4v) is 4.77. The molecule has 3 nitrogen and oxygen atoms in total. The Hall–Kier alpha value is -0.000000000000000111. The first-order valence-electron chi connectivity index (χ1n) is 7.15. The molecule has 0 amide bonds. The molecule has 1 aliphatic heterocycles. The van der Waals surface area contributed by atoms with Crippen molar-refractivity contribution < 1.29 is 0 Å². The number of rotatable bonds is 5. The van der Waals surface area contributed by atoms with Gasteiger partial charge in [-0.15, -0.1) is 0 Å². The van der Waals surface area contributed by atoms with Gasteiger partial charge in [0.25, 0.3) is 0 Å². The Labute approximate surface area is 128 Å². The minimum atomic E-state index is 0.254. The Morgan fingerprint density at radius 3 is 2.74 bits per heavy atom. The lowest BCUT2D eigenvalue weighted by molar-refractivity contribution is 0.402. The fourth-order valence-electron chi connectivity index (χ4n) is 2.78. The molecule has 0 spiro atoms. The lowest BCUT2D eigenvalue weighted by Crippen LogP contribution is -2.28. The van der Waals surface area contributed by atoms with Crippen molar-refractivity contribution in [1.82, 2.24) is 9.78 Å². The predicted octanol–water partition coefficient (Wildman–Crippen LogP) is 3.15. The van der Waals surface area contributed by atoms with Crippen molar-refractivity contribution in [1.29, 1.82) is 0 Å². The summed E-state index contributed by atoms with van der Waals surface area (Å²) in [6, 6.07) is 0.254. The van der Waals surface area contributed by atoms with Gasteiger partial charge in [-0.25, -0.2) is 0 Å². The summed E-state index contributed by atoms with van der Waals surface area (Å²) in [6.45, 7) is 2.14. The predicted molar refractivity (Wildman–Crippen MR) is 86.6 cm³/mol. The van der Waals surface area contributed by atoms with Gasteiger partial charge in [0.05, 0.1) is 15.9 Å². The number of nitrogens with zero attached hydrogens (tertiary/aromatic N) is 2. The van der Waals surface area contributed by atoms with Crippen LogP contribution in [0.4, 0.5) is 0 Å². The zero-order valence-corrected chi connectivity index (χ0v) is 14.3. The van der Waals surface area contributed by atoms with E-state index in [2.05, 4.69) is 39.7 Å². The van der Waals surface area contributed by atoms with E-state index in [0.29, 0.717) is 0 Å². The lowest BCUT2D eigenvalue weighted by Gasteiger charge is -2.24. The summed E-state index contributed by atoms with van der Waals surface area (Å²) in [4.78, 5) is 0. The molecule has 0 saturated carbocycles. The monoisotopic (exact) mass is 345 g/mol. The van der Waals surface area contributed by atoms with Gasteiger partial charge in [-0.05, 0) is 59.0 Å². The molecule has 0 radical (unpaired) electrons. The molecule has 2 rings (SSSR count). The highest BCUT2D eigenvalue weighted by atomic mass is 79.9. The van der Waals surface area contributed by atoms with Crippen LogP contribution in [-0.2, 0) is 19.9 Å². The third-order valence-electron chi connectivity index (χ3n) is 3.94. The zero-order valence-electron chi connectivity index (χ0n) is 11.9. The second kappa shape index (κ2) is 7.14. The van der Waals surface area contributed by atoms with Crippen molar-refractivity contribution in [3.8, 4) is 0 Å². The summed E-state index contributed by atoms with van der Waals surface area (Å²) in [5, 5.41) is 4.54. The van der Waals surface area contributed by atoms with E-state index < -0.39 is 0 Å². The molecular weight excluding hydrogens is 322 g/mol. The summed E-state index contributed by atoms with van der Waals surface area (Å²) < 4.78 is 3.15. The van der Waals surface area contributed by atoms with Crippen LogP contribution in [-0.4, -0.2) is 27.3 Å². The van der Waals surface area contributed by atoms with E-state index in [4.69, 9.17) is 5.73 Å². The average molecular weight is 346 g/mol. The Balaban J connectivity index is 1.94. The van der Waals surface area contributed by atoms with E-state index in [1.54, 1.807) is 0 Å². The Kier molecular flexibility index (Phi) is 5.78. The van der Waals surface area contributed by atoms with Crippen LogP contribution < -0.4 is 5.73 Å². The summed E-state index contributed by atoms with van der Waals surface area (Å²) in [6.07, 6.45) is 5.72. The highest BCUT2D eigenvalue weighted by molar-refractivity contribution is 9.10. The largest absolute Gasteiger partial charge is 0.327 e.